The zero-order valence-electron chi connectivity index (χ0n) is 18.9. The lowest BCUT2D eigenvalue weighted by Crippen LogP contribution is -2.23. The summed E-state index contributed by atoms with van der Waals surface area (Å²) in [5, 5.41) is 12.0. The number of nitrogens with one attached hydrogen (secondary N) is 1. The lowest BCUT2D eigenvalue weighted by molar-refractivity contribution is -0.139. The third-order valence-corrected chi connectivity index (χ3v) is 6.18. The topological polar surface area (TPSA) is 67.8 Å². The smallest absolute Gasteiger partial charge is 0.341 e. The van der Waals surface area contributed by atoms with Crippen LogP contribution in [-0.2, 0) is 22.4 Å². The third-order valence-electron chi connectivity index (χ3n) is 6.18. The van der Waals surface area contributed by atoms with Crippen molar-refractivity contribution in [3.05, 3.63) is 101 Å². The highest BCUT2D eigenvalue weighted by atomic mass is 16.5. The van der Waals surface area contributed by atoms with Gasteiger partial charge >= 0.3 is 5.97 Å². The second kappa shape index (κ2) is 11.0. The molecule has 4 rings (SSSR count). The molecule has 172 valence electrons. The number of allylic oxidation sites excluding steroid dienone is 2. The summed E-state index contributed by atoms with van der Waals surface area (Å²) in [6.07, 6.45) is 13.8. The molecule has 0 fully saturated rings. The van der Waals surface area contributed by atoms with Crippen molar-refractivity contribution >= 4 is 5.97 Å². The van der Waals surface area contributed by atoms with Crippen LogP contribution in [0, 0.1) is 5.92 Å². The Hall–Kier alpha value is -3.31. The van der Waals surface area contributed by atoms with Crippen molar-refractivity contribution in [3.63, 3.8) is 0 Å². The Morgan fingerprint density at radius 3 is 2.82 bits per heavy atom. The number of hydrogen-bond acceptors (Lipinski definition) is 4. The fourth-order valence-electron chi connectivity index (χ4n) is 4.70. The maximum absolute atomic E-state index is 10.9. The number of aliphatic carboxylic acids is 1. The first-order valence-corrected chi connectivity index (χ1v) is 11.5. The van der Waals surface area contributed by atoms with Crippen LogP contribution in [0.3, 0.4) is 0 Å². The Labute approximate surface area is 195 Å². The molecule has 0 radical (unpaired) electrons. The Morgan fingerprint density at radius 2 is 2.00 bits per heavy atom. The number of carbonyl (C=O) groups is 1. The van der Waals surface area contributed by atoms with Crippen LogP contribution < -0.4 is 10.1 Å². The fraction of sp³-hybridized carbons (Fsp3) is 0.321. The molecule has 33 heavy (non-hydrogen) atoms. The molecule has 5 nitrogen and oxygen atoms in total. The molecule has 2 aliphatic rings. The van der Waals surface area contributed by atoms with Gasteiger partial charge in [0.1, 0.15) is 11.9 Å². The molecule has 2 aromatic carbocycles. The number of carboxylic acid groups (broad SMARTS) is 1. The molecule has 3 unspecified atom stereocenters. The molecule has 1 aliphatic carbocycles. The number of carboxylic acids is 1. The van der Waals surface area contributed by atoms with Gasteiger partial charge in [-0.2, -0.15) is 0 Å². The van der Waals surface area contributed by atoms with Crippen molar-refractivity contribution in [2.45, 2.75) is 44.8 Å². The van der Waals surface area contributed by atoms with Crippen molar-refractivity contribution in [1.29, 1.82) is 0 Å². The summed E-state index contributed by atoms with van der Waals surface area (Å²) in [6, 6.07) is 16.3. The lowest BCUT2D eigenvalue weighted by Gasteiger charge is -2.30. The number of ether oxygens (including phenoxy) is 2. The standard InChI is InChI=1S/C28H31NO4/c1-20(33-28(22-7-3-2-4-8-22)23-10-6-15-29-16-14-23)17-21-12-13-25-24(18-21)9-5-11-26(25)32-19-27(30)31/h2-11,14-16,20-21,28-29H,12-13,17-19H2,1H3,(H,30,31). The highest BCUT2D eigenvalue weighted by Gasteiger charge is 2.25. The molecule has 2 N–H and O–H groups in total. The molecule has 1 aliphatic heterocycles. The summed E-state index contributed by atoms with van der Waals surface area (Å²) in [5.41, 5.74) is 4.67. The van der Waals surface area contributed by atoms with E-state index in [0.29, 0.717) is 11.7 Å². The molecule has 0 saturated heterocycles. The van der Waals surface area contributed by atoms with Crippen LogP contribution in [0.25, 0.3) is 0 Å². The van der Waals surface area contributed by atoms with Gasteiger partial charge in [-0.25, -0.2) is 4.79 Å². The molecular formula is C28H31NO4. The van der Waals surface area contributed by atoms with Crippen molar-refractivity contribution in [3.8, 4) is 5.75 Å². The van der Waals surface area contributed by atoms with Crippen LogP contribution in [0.1, 0.15) is 42.6 Å². The van der Waals surface area contributed by atoms with Gasteiger partial charge in [0.15, 0.2) is 6.61 Å². The minimum absolute atomic E-state index is 0.0858. The van der Waals surface area contributed by atoms with E-state index in [1.54, 1.807) is 0 Å². The monoisotopic (exact) mass is 445 g/mol. The molecule has 3 atom stereocenters. The van der Waals surface area contributed by atoms with E-state index in [9.17, 15) is 4.79 Å². The van der Waals surface area contributed by atoms with Crippen LogP contribution in [-0.4, -0.2) is 23.8 Å². The third kappa shape index (κ3) is 6.14. The molecule has 1 heterocycles. The van der Waals surface area contributed by atoms with Crippen LogP contribution >= 0.6 is 0 Å². The molecule has 5 heteroatoms. The van der Waals surface area contributed by atoms with Crippen LogP contribution in [0.2, 0.25) is 0 Å². The van der Waals surface area contributed by atoms with Crippen LogP contribution in [0.5, 0.6) is 5.75 Å². The van der Waals surface area contributed by atoms with Gasteiger partial charge < -0.3 is 19.9 Å². The summed E-state index contributed by atoms with van der Waals surface area (Å²) in [5.74, 6) is 0.263. The van der Waals surface area contributed by atoms with E-state index in [1.807, 2.05) is 48.8 Å². The van der Waals surface area contributed by atoms with E-state index in [4.69, 9.17) is 14.6 Å². The van der Waals surface area contributed by atoms with Gasteiger partial charge in [-0.15, -0.1) is 0 Å². The summed E-state index contributed by atoms with van der Waals surface area (Å²) in [6.45, 7) is 1.85. The van der Waals surface area contributed by atoms with E-state index in [0.717, 1.165) is 42.4 Å². The van der Waals surface area contributed by atoms with Crippen molar-refractivity contribution in [2.75, 3.05) is 6.61 Å². The van der Waals surface area contributed by atoms with Gasteiger partial charge in [0.2, 0.25) is 0 Å². The predicted octanol–water partition coefficient (Wildman–Crippen LogP) is 5.35. The van der Waals surface area contributed by atoms with Gasteiger partial charge in [0.05, 0.1) is 6.10 Å². The predicted molar refractivity (Wildman–Crippen MR) is 129 cm³/mol. The van der Waals surface area contributed by atoms with E-state index < -0.39 is 5.97 Å². The molecule has 0 spiro atoms. The first-order valence-electron chi connectivity index (χ1n) is 11.5. The number of hydrogen-bond donors (Lipinski definition) is 2. The number of benzene rings is 2. The maximum atomic E-state index is 10.9. The first kappa shape index (κ1) is 22.9. The SMILES string of the molecule is CC(CC1CCc2c(cccc2OCC(=O)O)C1)OC(C1=CC=CNC=C1)c1ccccc1. The highest BCUT2D eigenvalue weighted by molar-refractivity contribution is 5.68. The highest BCUT2D eigenvalue weighted by Crippen LogP contribution is 2.36. The van der Waals surface area contributed by atoms with Gasteiger partial charge in [0.25, 0.3) is 0 Å². The molecule has 2 aromatic rings. The first-order chi connectivity index (χ1) is 16.1. The Bertz CT molecular complexity index is 1040. The summed E-state index contributed by atoms with van der Waals surface area (Å²) in [4.78, 5) is 10.9. The normalized spacial score (nSPS) is 18.9. The second-order valence-corrected chi connectivity index (χ2v) is 8.68. The van der Waals surface area contributed by atoms with Crippen molar-refractivity contribution < 1.29 is 19.4 Å². The van der Waals surface area contributed by atoms with E-state index in [-0.39, 0.29) is 18.8 Å². The fourth-order valence-corrected chi connectivity index (χ4v) is 4.70. The number of rotatable bonds is 9. The molecule has 0 saturated carbocycles. The van der Waals surface area contributed by atoms with Crippen LogP contribution in [0.4, 0.5) is 0 Å². The molecule has 0 bridgehead atoms. The van der Waals surface area contributed by atoms with E-state index in [1.165, 1.54) is 5.56 Å². The zero-order chi connectivity index (χ0) is 23.0. The summed E-state index contributed by atoms with van der Waals surface area (Å²) in [7, 11) is 0. The van der Waals surface area contributed by atoms with Gasteiger partial charge in [-0.1, -0.05) is 48.5 Å². The Morgan fingerprint density at radius 1 is 1.15 bits per heavy atom. The van der Waals surface area contributed by atoms with Crippen molar-refractivity contribution in [1.82, 2.24) is 5.32 Å². The quantitative estimate of drug-likeness (QED) is 0.545. The average Bonchev–Trinajstić information content (AvgIpc) is 3.11. The van der Waals surface area contributed by atoms with Crippen molar-refractivity contribution in [2.24, 2.45) is 5.92 Å². The molecule has 0 amide bonds. The minimum Gasteiger partial charge on any atom is -0.482 e. The summed E-state index contributed by atoms with van der Waals surface area (Å²) >= 11 is 0. The Balaban J connectivity index is 1.43. The molecular weight excluding hydrogens is 414 g/mol. The average molecular weight is 446 g/mol. The maximum Gasteiger partial charge on any atom is 0.341 e. The minimum atomic E-state index is -0.954. The Kier molecular flexibility index (Phi) is 7.63. The van der Waals surface area contributed by atoms with Gasteiger partial charge in [-0.05, 0) is 79.0 Å². The summed E-state index contributed by atoms with van der Waals surface area (Å²) < 4.78 is 12.2. The zero-order valence-corrected chi connectivity index (χ0v) is 18.9. The number of fused-ring (bicyclic) bond motifs is 1. The largest absolute Gasteiger partial charge is 0.482 e. The van der Waals surface area contributed by atoms with Gasteiger partial charge in [-0.3, -0.25) is 0 Å². The van der Waals surface area contributed by atoms with E-state index in [2.05, 4.69) is 42.6 Å². The van der Waals surface area contributed by atoms with Crippen LogP contribution in [0.15, 0.2) is 84.7 Å². The van der Waals surface area contributed by atoms with E-state index >= 15 is 0 Å². The molecule has 0 aromatic heterocycles. The van der Waals surface area contributed by atoms with Gasteiger partial charge in [0, 0.05) is 12.4 Å². The second-order valence-electron chi connectivity index (χ2n) is 8.68. The lowest BCUT2D eigenvalue weighted by atomic mass is 9.81.